The molecule has 3 atom stereocenters. The predicted molar refractivity (Wildman–Crippen MR) is 80.8 cm³/mol. The van der Waals surface area contributed by atoms with E-state index >= 15 is 0 Å². The van der Waals surface area contributed by atoms with Crippen LogP contribution in [0.2, 0.25) is 0 Å². The highest BCUT2D eigenvalue weighted by Gasteiger charge is 2.40. The summed E-state index contributed by atoms with van der Waals surface area (Å²) in [6.07, 6.45) is 4.37. The van der Waals surface area contributed by atoms with Crippen LogP contribution in [0.5, 0.6) is 0 Å². The van der Waals surface area contributed by atoms with E-state index in [1.165, 1.54) is 12.8 Å². The zero-order valence-corrected chi connectivity index (χ0v) is 12.1. The van der Waals surface area contributed by atoms with Crippen molar-refractivity contribution in [2.75, 3.05) is 13.1 Å². The monoisotopic (exact) mass is 283 g/mol. The molecular formula is C16H21N5. The number of nitrogens with two attached hydrogens (primary N) is 1. The normalized spacial score (nSPS) is 28.9. The first kappa shape index (κ1) is 13.0. The Morgan fingerprint density at radius 3 is 2.81 bits per heavy atom. The number of aromatic nitrogens is 3. The molecule has 0 radical (unpaired) electrons. The number of para-hydroxylation sites is 1. The SMILES string of the molecule is NC1CCC2CN(Cc3cnn(-c4ccccc4)n3)CC12. The first-order valence-electron chi connectivity index (χ1n) is 7.74. The predicted octanol–water partition coefficient (Wildman–Crippen LogP) is 1.44. The molecule has 5 nitrogen and oxygen atoms in total. The maximum absolute atomic E-state index is 6.20. The fourth-order valence-corrected chi connectivity index (χ4v) is 3.81. The zero-order chi connectivity index (χ0) is 14.2. The first-order chi connectivity index (χ1) is 10.3. The van der Waals surface area contributed by atoms with Crippen molar-refractivity contribution in [3.05, 3.63) is 42.2 Å². The van der Waals surface area contributed by atoms with Gasteiger partial charge < -0.3 is 5.73 Å². The van der Waals surface area contributed by atoms with Crippen LogP contribution in [0, 0.1) is 11.8 Å². The summed E-state index contributed by atoms with van der Waals surface area (Å²) in [5.41, 5.74) is 8.24. The Kier molecular flexibility index (Phi) is 3.24. The number of nitrogens with zero attached hydrogens (tertiary/aromatic N) is 4. The van der Waals surface area contributed by atoms with Gasteiger partial charge in [0, 0.05) is 25.7 Å². The van der Waals surface area contributed by atoms with Crippen LogP contribution in [0.15, 0.2) is 36.5 Å². The summed E-state index contributed by atoms with van der Waals surface area (Å²) in [7, 11) is 0. The van der Waals surface area contributed by atoms with Gasteiger partial charge in [-0.25, -0.2) is 0 Å². The first-order valence-corrected chi connectivity index (χ1v) is 7.74. The Balaban J connectivity index is 1.44. The van der Waals surface area contributed by atoms with E-state index in [1.54, 1.807) is 4.80 Å². The molecule has 3 unspecified atom stereocenters. The molecule has 0 amide bonds. The summed E-state index contributed by atoms with van der Waals surface area (Å²) in [5.74, 6) is 1.48. The maximum Gasteiger partial charge on any atom is 0.0971 e. The highest BCUT2D eigenvalue weighted by Crippen LogP contribution is 2.37. The van der Waals surface area contributed by atoms with E-state index in [9.17, 15) is 0 Å². The summed E-state index contributed by atoms with van der Waals surface area (Å²) in [5, 5.41) is 8.96. The van der Waals surface area contributed by atoms with Crippen molar-refractivity contribution in [3.63, 3.8) is 0 Å². The Bertz CT molecular complexity index is 608. The minimum Gasteiger partial charge on any atom is -0.327 e. The van der Waals surface area contributed by atoms with Crippen LogP contribution in [0.25, 0.3) is 5.69 Å². The van der Waals surface area contributed by atoms with Crippen molar-refractivity contribution in [1.29, 1.82) is 0 Å². The number of hydrogen-bond donors (Lipinski definition) is 1. The Morgan fingerprint density at radius 2 is 2.00 bits per heavy atom. The summed E-state index contributed by atoms with van der Waals surface area (Å²) in [6, 6.07) is 10.4. The van der Waals surface area contributed by atoms with Crippen LogP contribution in [0.1, 0.15) is 18.5 Å². The Labute approximate surface area is 124 Å². The van der Waals surface area contributed by atoms with Gasteiger partial charge in [-0.05, 0) is 36.8 Å². The van der Waals surface area contributed by atoms with Gasteiger partial charge in [0.25, 0.3) is 0 Å². The number of likely N-dealkylation sites (tertiary alicyclic amines) is 1. The van der Waals surface area contributed by atoms with Crippen molar-refractivity contribution in [2.24, 2.45) is 17.6 Å². The van der Waals surface area contributed by atoms with Gasteiger partial charge >= 0.3 is 0 Å². The molecule has 2 aliphatic rings. The molecule has 21 heavy (non-hydrogen) atoms. The van der Waals surface area contributed by atoms with Gasteiger partial charge in [-0.1, -0.05) is 18.2 Å². The van der Waals surface area contributed by atoms with Crippen LogP contribution >= 0.6 is 0 Å². The van der Waals surface area contributed by atoms with E-state index in [0.29, 0.717) is 12.0 Å². The van der Waals surface area contributed by atoms with E-state index in [1.807, 2.05) is 36.5 Å². The largest absolute Gasteiger partial charge is 0.327 e. The molecule has 1 aromatic carbocycles. The fraction of sp³-hybridized carbons (Fsp3) is 0.500. The maximum atomic E-state index is 6.20. The smallest absolute Gasteiger partial charge is 0.0971 e. The molecule has 1 aliphatic carbocycles. The summed E-state index contributed by atoms with van der Waals surface area (Å²) in [4.78, 5) is 4.19. The lowest BCUT2D eigenvalue weighted by molar-refractivity contribution is 0.294. The molecule has 1 aromatic heterocycles. The molecule has 5 heteroatoms. The van der Waals surface area contributed by atoms with Crippen molar-refractivity contribution in [1.82, 2.24) is 19.9 Å². The van der Waals surface area contributed by atoms with Crippen molar-refractivity contribution in [3.8, 4) is 5.69 Å². The van der Waals surface area contributed by atoms with Crippen LogP contribution in [-0.4, -0.2) is 39.0 Å². The van der Waals surface area contributed by atoms with Gasteiger partial charge in [0.2, 0.25) is 0 Å². The van der Waals surface area contributed by atoms with Crippen LogP contribution in [0.3, 0.4) is 0 Å². The molecule has 110 valence electrons. The molecule has 0 bridgehead atoms. The van der Waals surface area contributed by atoms with Gasteiger partial charge in [0.05, 0.1) is 17.6 Å². The lowest BCUT2D eigenvalue weighted by atomic mass is 9.98. The molecule has 1 saturated carbocycles. The third-order valence-corrected chi connectivity index (χ3v) is 4.90. The molecule has 2 aromatic rings. The standard InChI is InChI=1S/C16H21N5/c17-16-7-6-12-9-20(11-15(12)16)10-13-8-18-21(19-13)14-4-2-1-3-5-14/h1-5,8,12,15-16H,6-7,9-11,17H2. The van der Waals surface area contributed by atoms with Gasteiger partial charge in [0.15, 0.2) is 0 Å². The summed E-state index contributed by atoms with van der Waals surface area (Å²) < 4.78 is 0. The van der Waals surface area contributed by atoms with Crippen LogP contribution in [0.4, 0.5) is 0 Å². The van der Waals surface area contributed by atoms with Gasteiger partial charge in [0.1, 0.15) is 0 Å². The molecule has 2 heterocycles. The number of hydrogen-bond acceptors (Lipinski definition) is 4. The second kappa shape index (κ2) is 5.24. The van der Waals surface area contributed by atoms with Gasteiger partial charge in [-0.15, -0.1) is 0 Å². The van der Waals surface area contributed by atoms with E-state index in [2.05, 4.69) is 15.1 Å². The van der Waals surface area contributed by atoms with Gasteiger partial charge in [-0.2, -0.15) is 15.0 Å². The Morgan fingerprint density at radius 1 is 1.14 bits per heavy atom. The highest BCUT2D eigenvalue weighted by atomic mass is 15.5. The third-order valence-electron chi connectivity index (χ3n) is 4.90. The van der Waals surface area contributed by atoms with Crippen molar-refractivity contribution in [2.45, 2.75) is 25.4 Å². The molecule has 2 N–H and O–H groups in total. The van der Waals surface area contributed by atoms with Crippen LogP contribution in [-0.2, 0) is 6.54 Å². The highest BCUT2D eigenvalue weighted by molar-refractivity contribution is 5.28. The number of benzene rings is 1. The minimum absolute atomic E-state index is 0.403. The van der Waals surface area contributed by atoms with Gasteiger partial charge in [-0.3, -0.25) is 4.90 Å². The quantitative estimate of drug-likeness (QED) is 0.926. The average molecular weight is 283 g/mol. The fourth-order valence-electron chi connectivity index (χ4n) is 3.81. The average Bonchev–Trinajstić information content (AvgIpc) is 3.19. The molecule has 1 saturated heterocycles. The lowest BCUT2D eigenvalue weighted by Gasteiger charge is -2.16. The molecule has 2 fully saturated rings. The van der Waals surface area contributed by atoms with E-state index in [4.69, 9.17) is 5.73 Å². The second-order valence-corrected chi connectivity index (χ2v) is 6.32. The van der Waals surface area contributed by atoms with E-state index in [-0.39, 0.29) is 0 Å². The zero-order valence-electron chi connectivity index (χ0n) is 12.1. The lowest BCUT2D eigenvalue weighted by Crippen LogP contribution is -2.30. The summed E-state index contributed by atoms with van der Waals surface area (Å²) >= 11 is 0. The third kappa shape index (κ3) is 2.47. The second-order valence-electron chi connectivity index (χ2n) is 6.32. The van der Waals surface area contributed by atoms with E-state index < -0.39 is 0 Å². The topological polar surface area (TPSA) is 60.0 Å². The molecule has 1 aliphatic heterocycles. The summed E-state index contributed by atoms with van der Waals surface area (Å²) in [6.45, 7) is 3.16. The number of fused-ring (bicyclic) bond motifs is 1. The molecule has 0 spiro atoms. The minimum atomic E-state index is 0.403. The van der Waals surface area contributed by atoms with Crippen molar-refractivity contribution >= 4 is 0 Å². The Hall–Kier alpha value is -1.72. The molecule has 4 rings (SSSR count). The van der Waals surface area contributed by atoms with E-state index in [0.717, 1.165) is 36.9 Å². The number of rotatable bonds is 3. The van der Waals surface area contributed by atoms with Crippen LogP contribution < -0.4 is 5.73 Å². The molecular weight excluding hydrogens is 262 g/mol. The van der Waals surface area contributed by atoms with Crippen molar-refractivity contribution < 1.29 is 0 Å².